The highest BCUT2D eigenvalue weighted by Gasteiger charge is 2.19. The van der Waals surface area contributed by atoms with Gasteiger partial charge < -0.3 is 11.1 Å². The number of carbonyl (C=O) groups is 1. The van der Waals surface area contributed by atoms with E-state index in [1.807, 2.05) is 13.8 Å². The zero-order valence-electron chi connectivity index (χ0n) is 11.0. The molecule has 0 aliphatic carbocycles. The lowest BCUT2D eigenvalue weighted by molar-refractivity contribution is 0.102. The smallest absolute Gasteiger partial charge is 0.277 e. The molecule has 2 rings (SSSR count). The molecule has 8 heteroatoms. The molecule has 0 saturated heterocycles. The topological polar surface area (TPSA) is 96.7 Å². The summed E-state index contributed by atoms with van der Waals surface area (Å²) >= 11 is 3.39. The minimum absolute atomic E-state index is 0. The van der Waals surface area contributed by atoms with Crippen LogP contribution in [0.3, 0.4) is 0 Å². The summed E-state index contributed by atoms with van der Waals surface area (Å²) in [5, 5.41) is 9.59. The fourth-order valence-corrected chi connectivity index (χ4v) is 2.36. The van der Waals surface area contributed by atoms with E-state index >= 15 is 0 Å². The van der Waals surface area contributed by atoms with Crippen molar-refractivity contribution in [2.24, 2.45) is 0 Å². The van der Waals surface area contributed by atoms with E-state index in [1.54, 1.807) is 12.1 Å². The minimum Gasteiger partial charge on any atom is -0.384 e. The SMILES string of the molecule is CC(C)c1[nH]nc(C(=O)Nc2ccc(N)nc2)c1Br.Cl. The molecule has 0 aliphatic rings. The number of pyridine rings is 1. The molecule has 0 atom stereocenters. The maximum Gasteiger partial charge on any atom is 0.277 e. The van der Waals surface area contributed by atoms with Crippen LogP contribution in [0.15, 0.2) is 22.8 Å². The highest BCUT2D eigenvalue weighted by molar-refractivity contribution is 9.10. The van der Waals surface area contributed by atoms with Gasteiger partial charge in [0.25, 0.3) is 5.91 Å². The van der Waals surface area contributed by atoms with Gasteiger partial charge in [0, 0.05) is 0 Å². The number of aromatic nitrogens is 3. The predicted molar refractivity (Wildman–Crippen MR) is 84.2 cm³/mol. The molecule has 2 heterocycles. The number of halogens is 2. The molecule has 1 amide bonds. The van der Waals surface area contributed by atoms with Gasteiger partial charge in [-0.05, 0) is 34.0 Å². The second kappa shape index (κ2) is 6.71. The third-order valence-electron chi connectivity index (χ3n) is 2.57. The first-order chi connectivity index (χ1) is 8.99. The van der Waals surface area contributed by atoms with Gasteiger partial charge in [0.2, 0.25) is 0 Å². The lowest BCUT2D eigenvalue weighted by atomic mass is 10.1. The molecule has 0 saturated carbocycles. The number of carbonyl (C=O) groups excluding carboxylic acids is 1. The van der Waals surface area contributed by atoms with Crippen LogP contribution in [0.5, 0.6) is 0 Å². The molecule has 20 heavy (non-hydrogen) atoms. The maximum absolute atomic E-state index is 12.1. The molecule has 0 bridgehead atoms. The van der Waals surface area contributed by atoms with E-state index in [0.717, 1.165) is 5.69 Å². The summed E-state index contributed by atoms with van der Waals surface area (Å²) in [5.41, 5.74) is 7.26. The van der Waals surface area contributed by atoms with Crippen LogP contribution in [0, 0.1) is 0 Å². The van der Waals surface area contributed by atoms with Crippen LogP contribution in [0.4, 0.5) is 11.5 Å². The Morgan fingerprint density at radius 3 is 2.65 bits per heavy atom. The number of nitrogens with two attached hydrogens (primary N) is 1. The second-order valence-electron chi connectivity index (χ2n) is 4.38. The molecule has 0 spiro atoms. The van der Waals surface area contributed by atoms with Crippen LogP contribution in [0.25, 0.3) is 0 Å². The molecule has 2 aromatic heterocycles. The Morgan fingerprint density at radius 2 is 2.15 bits per heavy atom. The Balaban J connectivity index is 0.00000200. The molecule has 0 aliphatic heterocycles. The van der Waals surface area contributed by atoms with Gasteiger partial charge >= 0.3 is 0 Å². The highest BCUT2D eigenvalue weighted by Crippen LogP contribution is 2.26. The van der Waals surface area contributed by atoms with Crippen LogP contribution in [0.1, 0.15) is 35.9 Å². The van der Waals surface area contributed by atoms with E-state index in [1.165, 1.54) is 6.20 Å². The van der Waals surface area contributed by atoms with E-state index in [0.29, 0.717) is 21.7 Å². The van der Waals surface area contributed by atoms with Gasteiger partial charge in [-0.15, -0.1) is 12.4 Å². The van der Waals surface area contributed by atoms with E-state index in [9.17, 15) is 4.79 Å². The molecule has 4 N–H and O–H groups in total. The first kappa shape index (κ1) is 16.5. The average molecular weight is 361 g/mol. The number of amides is 1. The van der Waals surface area contributed by atoms with Crippen LogP contribution < -0.4 is 11.1 Å². The van der Waals surface area contributed by atoms with Crippen LogP contribution in [-0.2, 0) is 0 Å². The van der Waals surface area contributed by atoms with E-state index < -0.39 is 0 Å². The van der Waals surface area contributed by atoms with Gasteiger partial charge in [0.05, 0.1) is 22.1 Å². The van der Waals surface area contributed by atoms with E-state index in [4.69, 9.17) is 5.73 Å². The van der Waals surface area contributed by atoms with E-state index in [2.05, 4.69) is 36.4 Å². The molecular formula is C12H15BrClN5O. The largest absolute Gasteiger partial charge is 0.384 e. The number of nitrogen functional groups attached to an aromatic ring is 1. The number of anilines is 2. The Labute approximate surface area is 131 Å². The predicted octanol–water partition coefficient (Wildman–Crippen LogP) is 2.95. The third kappa shape index (κ3) is 3.49. The molecule has 6 nitrogen and oxygen atoms in total. The molecule has 108 valence electrons. The Morgan fingerprint density at radius 1 is 1.45 bits per heavy atom. The summed E-state index contributed by atoms with van der Waals surface area (Å²) in [5.74, 6) is 0.351. The van der Waals surface area contributed by atoms with Crippen molar-refractivity contribution in [3.63, 3.8) is 0 Å². The third-order valence-corrected chi connectivity index (χ3v) is 3.37. The van der Waals surface area contributed by atoms with Gasteiger partial charge in [-0.25, -0.2) is 4.98 Å². The summed E-state index contributed by atoms with van der Waals surface area (Å²) in [7, 11) is 0. The number of hydrogen-bond acceptors (Lipinski definition) is 4. The van der Waals surface area contributed by atoms with Crippen molar-refractivity contribution in [2.75, 3.05) is 11.1 Å². The Hall–Kier alpha value is -1.60. The van der Waals surface area contributed by atoms with E-state index in [-0.39, 0.29) is 24.2 Å². The molecule has 0 fully saturated rings. The molecule has 0 aromatic carbocycles. The van der Waals surface area contributed by atoms with Crippen LogP contribution >= 0.6 is 28.3 Å². The number of rotatable bonds is 3. The number of nitrogens with one attached hydrogen (secondary N) is 2. The minimum atomic E-state index is -0.304. The first-order valence-electron chi connectivity index (χ1n) is 5.75. The van der Waals surface area contributed by atoms with Crippen LogP contribution in [0.2, 0.25) is 0 Å². The van der Waals surface area contributed by atoms with Gasteiger partial charge in [0.15, 0.2) is 5.69 Å². The van der Waals surface area contributed by atoms with Crippen molar-refractivity contribution in [3.8, 4) is 0 Å². The van der Waals surface area contributed by atoms with Gasteiger partial charge in [-0.3, -0.25) is 9.89 Å². The summed E-state index contributed by atoms with van der Waals surface area (Å²) in [4.78, 5) is 16.0. The number of H-pyrrole nitrogens is 1. The van der Waals surface area contributed by atoms with Crippen molar-refractivity contribution >= 4 is 45.7 Å². The molecule has 0 unspecified atom stereocenters. The van der Waals surface area contributed by atoms with Crippen molar-refractivity contribution in [3.05, 3.63) is 34.2 Å². The number of hydrogen-bond donors (Lipinski definition) is 3. The summed E-state index contributed by atoms with van der Waals surface area (Å²) in [6, 6.07) is 3.30. The first-order valence-corrected chi connectivity index (χ1v) is 6.55. The maximum atomic E-state index is 12.1. The normalized spacial score (nSPS) is 10.2. The van der Waals surface area contributed by atoms with Gasteiger partial charge in [-0.2, -0.15) is 5.10 Å². The van der Waals surface area contributed by atoms with Crippen molar-refractivity contribution in [1.29, 1.82) is 0 Å². The Bertz CT molecular complexity index is 596. The summed E-state index contributed by atoms with van der Waals surface area (Å²) in [6.07, 6.45) is 1.50. The van der Waals surface area contributed by atoms with Crippen molar-refractivity contribution in [2.45, 2.75) is 19.8 Å². The number of nitrogens with zero attached hydrogens (tertiary/aromatic N) is 2. The molecule has 0 radical (unpaired) electrons. The molecular weight excluding hydrogens is 346 g/mol. The van der Waals surface area contributed by atoms with Gasteiger partial charge in [0.1, 0.15) is 5.82 Å². The highest BCUT2D eigenvalue weighted by atomic mass is 79.9. The van der Waals surface area contributed by atoms with Crippen molar-refractivity contribution in [1.82, 2.24) is 15.2 Å². The Kier molecular flexibility index (Phi) is 5.52. The lowest BCUT2D eigenvalue weighted by Gasteiger charge is -2.04. The standard InChI is InChI=1S/C12H14BrN5O.ClH/c1-6(2)10-9(13)11(18-17-10)12(19)16-7-3-4-8(14)15-5-7;/h3-6H,1-2H3,(H2,14,15)(H,16,19)(H,17,18);1H. The number of aromatic amines is 1. The second-order valence-corrected chi connectivity index (χ2v) is 5.17. The summed E-state index contributed by atoms with van der Waals surface area (Å²) in [6.45, 7) is 4.04. The average Bonchev–Trinajstić information content (AvgIpc) is 2.74. The monoisotopic (exact) mass is 359 g/mol. The lowest BCUT2D eigenvalue weighted by Crippen LogP contribution is -2.13. The fraction of sp³-hybridized carbons (Fsp3) is 0.250. The van der Waals surface area contributed by atoms with Crippen molar-refractivity contribution < 1.29 is 4.79 Å². The van der Waals surface area contributed by atoms with Crippen LogP contribution in [-0.4, -0.2) is 21.1 Å². The fourth-order valence-electron chi connectivity index (χ4n) is 1.54. The summed E-state index contributed by atoms with van der Waals surface area (Å²) < 4.78 is 0.684. The zero-order chi connectivity index (χ0) is 14.0. The quantitative estimate of drug-likeness (QED) is 0.784. The zero-order valence-corrected chi connectivity index (χ0v) is 13.4. The molecule has 2 aromatic rings. The van der Waals surface area contributed by atoms with Gasteiger partial charge in [-0.1, -0.05) is 13.8 Å².